The molecule has 3 nitrogen and oxygen atoms in total. The summed E-state index contributed by atoms with van der Waals surface area (Å²) in [6, 6.07) is 6.01. The highest BCUT2D eigenvalue weighted by Crippen LogP contribution is 2.07. The molecular formula is C11H15FN2OS. The Morgan fingerprint density at radius 2 is 2.06 bits per heavy atom. The van der Waals surface area contributed by atoms with E-state index in [4.69, 9.17) is 17.0 Å². The van der Waals surface area contributed by atoms with Crippen molar-refractivity contribution in [3.63, 3.8) is 0 Å². The zero-order chi connectivity index (χ0) is 12.0. The van der Waals surface area contributed by atoms with Crippen LogP contribution in [0.3, 0.4) is 0 Å². The fourth-order valence-electron chi connectivity index (χ4n) is 1.03. The molecule has 0 amide bonds. The molecule has 1 aromatic carbocycles. The first-order valence-corrected chi connectivity index (χ1v) is 5.36. The van der Waals surface area contributed by atoms with E-state index < -0.39 is 0 Å². The summed E-state index contributed by atoms with van der Waals surface area (Å²) < 4.78 is 17.7. The van der Waals surface area contributed by atoms with Crippen molar-refractivity contribution < 1.29 is 9.13 Å². The maximum absolute atomic E-state index is 12.6. The summed E-state index contributed by atoms with van der Waals surface area (Å²) in [4.78, 5) is 0. The van der Waals surface area contributed by atoms with E-state index in [1.165, 1.54) is 12.1 Å². The molecule has 0 aliphatic carbocycles. The van der Waals surface area contributed by atoms with Crippen molar-refractivity contribution in [1.29, 1.82) is 0 Å². The highest BCUT2D eigenvalue weighted by atomic mass is 32.1. The molecular weight excluding hydrogens is 227 g/mol. The maximum Gasteiger partial charge on any atom is 0.170 e. The highest BCUT2D eigenvalue weighted by molar-refractivity contribution is 7.80. The smallest absolute Gasteiger partial charge is 0.170 e. The fourth-order valence-corrected chi connectivity index (χ4v) is 1.23. The van der Waals surface area contributed by atoms with Gasteiger partial charge in [-0.25, -0.2) is 4.39 Å². The number of benzene rings is 1. The summed E-state index contributed by atoms with van der Waals surface area (Å²) in [5.74, 6) is -0.266. The Labute approximate surface area is 100.0 Å². The normalized spacial score (nSPS) is 11.9. The third-order valence-electron chi connectivity index (χ3n) is 2.05. The van der Waals surface area contributed by atoms with Crippen LogP contribution in [0.15, 0.2) is 24.3 Å². The number of rotatable bonds is 4. The Hall–Kier alpha value is -1.20. The molecule has 0 aromatic heterocycles. The summed E-state index contributed by atoms with van der Waals surface area (Å²) in [5, 5.41) is 6.44. The molecule has 1 atom stereocenters. The van der Waals surface area contributed by atoms with Gasteiger partial charge in [-0.2, -0.15) is 0 Å². The van der Waals surface area contributed by atoms with Gasteiger partial charge in [0, 0.05) is 19.3 Å². The number of nitrogens with one attached hydrogen (secondary N) is 2. The molecule has 1 rings (SSSR count). The van der Waals surface area contributed by atoms with Crippen LogP contribution in [0.5, 0.6) is 0 Å². The SMILES string of the molecule is COC(C)CNC(=S)Nc1ccc(F)cc1. The molecule has 5 heteroatoms. The molecule has 0 fully saturated rings. The molecule has 0 radical (unpaired) electrons. The van der Waals surface area contributed by atoms with Crippen LogP contribution in [0.4, 0.5) is 10.1 Å². The standard InChI is InChI=1S/C11H15FN2OS/c1-8(15-2)7-13-11(16)14-10-5-3-9(12)4-6-10/h3-6,8H,7H2,1-2H3,(H2,13,14,16). The third-order valence-corrected chi connectivity index (χ3v) is 2.30. The lowest BCUT2D eigenvalue weighted by Crippen LogP contribution is -2.34. The van der Waals surface area contributed by atoms with Gasteiger partial charge in [0.1, 0.15) is 5.82 Å². The summed E-state index contributed by atoms with van der Waals surface area (Å²) in [7, 11) is 1.64. The second kappa shape index (κ2) is 6.40. The average molecular weight is 242 g/mol. The lowest BCUT2D eigenvalue weighted by atomic mass is 10.3. The predicted molar refractivity (Wildman–Crippen MR) is 67.1 cm³/mol. The first-order valence-electron chi connectivity index (χ1n) is 4.95. The molecule has 88 valence electrons. The molecule has 0 saturated heterocycles. The molecule has 1 unspecified atom stereocenters. The van der Waals surface area contributed by atoms with Crippen molar-refractivity contribution in [2.45, 2.75) is 13.0 Å². The Morgan fingerprint density at radius 1 is 1.44 bits per heavy atom. The van der Waals surface area contributed by atoms with Gasteiger partial charge in [-0.15, -0.1) is 0 Å². The van der Waals surface area contributed by atoms with E-state index in [1.54, 1.807) is 19.2 Å². The van der Waals surface area contributed by atoms with Crippen molar-refractivity contribution >= 4 is 23.0 Å². The van der Waals surface area contributed by atoms with Crippen molar-refractivity contribution in [3.05, 3.63) is 30.1 Å². The lowest BCUT2D eigenvalue weighted by Gasteiger charge is -2.13. The molecule has 2 N–H and O–H groups in total. The molecule has 0 bridgehead atoms. The Morgan fingerprint density at radius 3 is 2.62 bits per heavy atom. The van der Waals surface area contributed by atoms with Crippen molar-refractivity contribution in [2.24, 2.45) is 0 Å². The molecule has 0 heterocycles. The number of hydrogen-bond donors (Lipinski definition) is 2. The minimum Gasteiger partial charge on any atom is -0.380 e. The van der Waals surface area contributed by atoms with Gasteiger partial charge in [0.25, 0.3) is 0 Å². The largest absolute Gasteiger partial charge is 0.380 e. The molecule has 0 aliphatic rings. The van der Waals surface area contributed by atoms with Crippen molar-refractivity contribution in [1.82, 2.24) is 5.32 Å². The van der Waals surface area contributed by atoms with E-state index >= 15 is 0 Å². The van der Waals surface area contributed by atoms with E-state index in [2.05, 4.69) is 10.6 Å². The second-order valence-corrected chi connectivity index (χ2v) is 3.80. The van der Waals surface area contributed by atoms with Crippen LogP contribution in [-0.4, -0.2) is 24.9 Å². The quantitative estimate of drug-likeness (QED) is 0.793. The van der Waals surface area contributed by atoms with Gasteiger partial charge in [-0.1, -0.05) is 0 Å². The second-order valence-electron chi connectivity index (χ2n) is 3.39. The zero-order valence-corrected chi connectivity index (χ0v) is 10.1. The lowest BCUT2D eigenvalue weighted by molar-refractivity contribution is 0.121. The van der Waals surface area contributed by atoms with Crippen LogP contribution < -0.4 is 10.6 Å². The first-order chi connectivity index (χ1) is 7.61. The van der Waals surface area contributed by atoms with E-state index in [0.717, 1.165) is 5.69 Å². The van der Waals surface area contributed by atoms with E-state index in [0.29, 0.717) is 11.7 Å². The molecule has 16 heavy (non-hydrogen) atoms. The summed E-state index contributed by atoms with van der Waals surface area (Å²) in [6.07, 6.45) is 0.0907. The minimum atomic E-state index is -0.266. The van der Waals surface area contributed by atoms with E-state index in [-0.39, 0.29) is 11.9 Å². The fraction of sp³-hybridized carbons (Fsp3) is 0.364. The average Bonchev–Trinajstić information content (AvgIpc) is 2.29. The highest BCUT2D eigenvalue weighted by Gasteiger charge is 2.01. The number of hydrogen-bond acceptors (Lipinski definition) is 2. The van der Waals surface area contributed by atoms with Crippen LogP contribution in [0.25, 0.3) is 0 Å². The van der Waals surface area contributed by atoms with Crippen LogP contribution in [0.1, 0.15) is 6.92 Å². The van der Waals surface area contributed by atoms with Gasteiger partial charge in [0.15, 0.2) is 5.11 Å². The minimum absolute atomic E-state index is 0.0907. The van der Waals surface area contributed by atoms with Gasteiger partial charge in [-0.3, -0.25) is 0 Å². The number of ether oxygens (including phenoxy) is 1. The summed E-state index contributed by atoms with van der Waals surface area (Å²) in [6.45, 7) is 2.57. The van der Waals surface area contributed by atoms with E-state index in [9.17, 15) is 4.39 Å². The number of anilines is 1. The molecule has 0 spiro atoms. The monoisotopic (exact) mass is 242 g/mol. The van der Waals surface area contributed by atoms with Gasteiger partial charge in [0.2, 0.25) is 0 Å². The molecule has 0 saturated carbocycles. The Bertz CT molecular complexity index is 342. The Balaban J connectivity index is 2.37. The van der Waals surface area contributed by atoms with Crippen molar-refractivity contribution in [3.8, 4) is 0 Å². The molecule has 0 aliphatic heterocycles. The van der Waals surface area contributed by atoms with Gasteiger partial charge in [0.05, 0.1) is 6.10 Å². The van der Waals surface area contributed by atoms with Crippen LogP contribution in [0.2, 0.25) is 0 Å². The van der Waals surface area contributed by atoms with Gasteiger partial charge in [-0.05, 0) is 43.4 Å². The van der Waals surface area contributed by atoms with Gasteiger partial charge < -0.3 is 15.4 Å². The number of methoxy groups -OCH3 is 1. The van der Waals surface area contributed by atoms with Crippen LogP contribution >= 0.6 is 12.2 Å². The van der Waals surface area contributed by atoms with Crippen molar-refractivity contribution in [2.75, 3.05) is 19.0 Å². The number of thiocarbonyl (C=S) groups is 1. The van der Waals surface area contributed by atoms with Gasteiger partial charge >= 0.3 is 0 Å². The summed E-state index contributed by atoms with van der Waals surface area (Å²) >= 11 is 5.06. The molecule has 1 aromatic rings. The topological polar surface area (TPSA) is 33.3 Å². The van der Waals surface area contributed by atoms with Crippen LogP contribution in [-0.2, 0) is 4.74 Å². The third kappa shape index (κ3) is 4.55. The summed E-state index contributed by atoms with van der Waals surface area (Å²) in [5.41, 5.74) is 0.754. The number of halogens is 1. The maximum atomic E-state index is 12.6. The first kappa shape index (κ1) is 12.9. The Kier molecular flexibility index (Phi) is 5.14. The predicted octanol–water partition coefficient (Wildman–Crippen LogP) is 2.15. The van der Waals surface area contributed by atoms with Crippen LogP contribution in [0, 0.1) is 5.82 Å². The van der Waals surface area contributed by atoms with E-state index in [1.807, 2.05) is 6.92 Å². The zero-order valence-electron chi connectivity index (χ0n) is 9.29.